The third kappa shape index (κ3) is 9.88. The first-order chi connectivity index (χ1) is 5.42. The fourth-order valence-corrected chi connectivity index (χ4v) is 0.688. The van der Waals surface area contributed by atoms with Crippen LogP contribution in [0.1, 0.15) is 0 Å². The molecule has 0 aromatic heterocycles. The van der Waals surface area contributed by atoms with E-state index in [0.717, 1.165) is 30.8 Å². The topological polar surface area (TPSA) is 12.5 Å². The lowest BCUT2D eigenvalue weighted by Crippen LogP contribution is -2.37. The summed E-state index contributed by atoms with van der Waals surface area (Å²) in [5.74, 6) is 0. The molecule has 0 saturated carbocycles. The normalized spacial score (nSPS) is 12.5. The van der Waals surface area contributed by atoms with Crippen LogP contribution in [0.25, 0.3) is 0 Å². The van der Waals surface area contributed by atoms with Crippen molar-refractivity contribution in [1.29, 1.82) is 0 Å². The molecule has 0 heterocycles. The van der Waals surface area contributed by atoms with Gasteiger partial charge in [-0.3, -0.25) is 0 Å². The number of ether oxygens (including phenoxy) is 1. The first-order valence-corrected chi connectivity index (χ1v) is 4.45. The summed E-state index contributed by atoms with van der Waals surface area (Å²) >= 11 is 0. The summed E-state index contributed by atoms with van der Waals surface area (Å²) in [6.07, 6.45) is 0. The molecule has 0 saturated heterocycles. The number of hydrogen-bond donors (Lipinski definition) is 0. The van der Waals surface area contributed by atoms with Crippen LogP contribution in [0.2, 0.25) is 0 Å². The molecule has 0 aliphatic carbocycles. The zero-order valence-corrected chi connectivity index (χ0v) is 9.13. The number of quaternary nitrogens is 1. The number of rotatable bonds is 6. The SMILES string of the molecule is CN(C)CCOCC[N+](C)(C)C. The Labute approximate surface area is 76.5 Å². The number of hydrogen-bond acceptors (Lipinski definition) is 2. The van der Waals surface area contributed by atoms with Crippen molar-refractivity contribution in [1.82, 2.24) is 4.90 Å². The lowest BCUT2D eigenvalue weighted by atomic mass is 10.5. The van der Waals surface area contributed by atoms with Gasteiger partial charge in [-0.2, -0.15) is 0 Å². The predicted octanol–water partition coefficient (Wildman–Crippen LogP) is 0.271. The maximum Gasteiger partial charge on any atom is 0.102 e. The third-order valence-corrected chi connectivity index (χ3v) is 1.59. The Kier molecular flexibility index (Phi) is 5.46. The first-order valence-electron chi connectivity index (χ1n) is 4.45. The highest BCUT2D eigenvalue weighted by molar-refractivity contribution is 4.39. The van der Waals surface area contributed by atoms with Crippen molar-refractivity contribution >= 4 is 0 Å². The van der Waals surface area contributed by atoms with Crippen LogP contribution in [-0.4, -0.2) is 70.9 Å². The van der Waals surface area contributed by atoms with Gasteiger partial charge in [0.1, 0.15) is 6.54 Å². The molecule has 74 valence electrons. The van der Waals surface area contributed by atoms with E-state index >= 15 is 0 Å². The molecule has 0 spiro atoms. The second-order valence-electron chi connectivity index (χ2n) is 4.43. The summed E-state index contributed by atoms with van der Waals surface area (Å²) in [7, 11) is 10.6. The molecule has 0 radical (unpaired) electrons. The maximum atomic E-state index is 5.46. The average molecular weight is 175 g/mol. The van der Waals surface area contributed by atoms with Crippen LogP contribution in [0, 0.1) is 0 Å². The van der Waals surface area contributed by atoms with Crippen molar-refractivity contribution in [2.45, 2.75) is 0 Å². The van der Waals surface area contributed by atoms with E-state index in [9.17, 15) is 0 Å². The molecule has 0 aliphatic heterocycles. The van der Waals surface area contributed by atoms with Gasteiger partial charge >= 0.3 is 0 Å². The lowest BCUT2D eigenvalue weighted by Gasteiger charge is -2.23. The van der Waals surface area contributed by atoms with Crippen LogP contribution in [0.15, 0.2) is 0 Å². The second kappa shape index (κ2) is 5.51. The quantitative estimate of drug-likeness (QED) is 0.424. The minimum Gasteiger partial charge on any atom is -0.374 e. The van der Waals surface area contributed by atoms with Crippen LogP contribution in [0.5, 0.6) is 0 Å². The van der Waals surface area contributed by atoms with Crippen molar-refractivity contribution in [3.05, 3.63) is 0 Å². The molecule has 0 aromatic rings. The molecule has 0 rings (SSSR count). The maximum absolute atomic E-state index is 5.46. The van der Waals surface area contributed by atoms with Crippen molar-refractivity contribution in [2.75, 3.05) is 61.5 Å². The smallest absolute Gasteiger partial charge is 0.102 e. The molecule has 0 amide bonds. The molecule has 0 fully saturated rings. The molecule has 0 aliphatic rings. The molecule has 0 atom stereocenters. The van der Waals surface area contributed by atoms with Crippen molar-refractivity contribution in [3.63, 3.8) is 0 Å². The minimum atomic E-state index is 0.840. The van der Waals surface area contributed by atoms with Gasteiger partial charge in [-0.1, -0.05) is 0 Å². The zero-order chi connectivity index (χ0) is 9.61. The van der Waals surface area contributed by atoms with E-state index in [1.54, 1.807) is 0 Å². The van der Waals surface area contributed by atoms with Crippen LogP contribution in [0.3, 0.4) is 0 Å². The summed E-state index contributed by atoms with van der Waals surface area (Å²) in [6, 6.07) is 0. The van der Waals surface area contributed by atoms with Crippen molar-refractivity contribution in [2.24, 2.45) is 0 Å². The third-order valence-electron chi connectivity index (χ3n) is 1.59. The molecule has 12 heavy (non-hydrogen) atoms. The van der Waals surface area contributed by atoms with Gasteiger partial charge in [-0.15, -0.1) is 0 Å². The lowest BCUT2D eigenvalue weighted by molar-refractivity contribution is -0.870. The monoisotopic (exact) mass is 175 g/mol. The highest BCUT2D eigenvalue weighted by atomic mass is 16.5. The fourth-order valence-electron chi connectivity index (χ4n) is 0.688. The van der Waals surface area contributed by atoms with E-state index in [4.69, 9.17) is 4.74 Å². The Morgan fingerprint density at radius 2 is 1.67 bits per heavy atom. The van der Waals surface area contributed by atoms with E-state index in [1.807, 2.05) is 0 Å². The van der Waals surface area contributed by atoms with Crippen LogP contribution in [0.4, 0.5) is 0 Å². The molecule has 0 bridgehead atoms. The Morgan fingerprint density at radius 1 is 1.08 bits per heavy atom. The molecular formula is C9H23N2O+. The van der Waals surface area contributed by atoms with E-state index in [-0.39, 0.29) is 0 Å². The molecule has 0 aromatic carbocycles. The highest BCUT2D eigenvalue weighted by Crippen LogP contribution is 1.89. The van der Waals surface area contributed by atoms with Gasteiger partial charge in [0.15, 0.2) is 0 Å². The van der Waals surface area contributed by atoms with E-state index in [2.05, 4.69) is 40.1 Å². The Morgan fingerprint density at radius 3 is 2.08 bits per heavy atom. The summed E-state index contributed by atoms with van der Waals surface area (Å²) < 4.78 is 6.44. The van der Waals surface area contributed by atoms with Gasteiger partial charge in [0.2, 0.25) is 0 Å². The molecule has 3 heteroatoms. The highest BCUT2D eigenvalue weighted by Gasteiger charge is 2.05. The van der Waals surface area contributed by atoms with Crippen molar-refractivity contribution < 1.29 is 9.22 Å². The van der Waals surface area contributed by atoms with E-state index in [0.29, 0.717) is 0 Å². The second-order valence-corrected chi connectivity index (χ2v) is 4.43. The van der Waals surface area contributed by atoms with Crippen LogP contribution in [-0.2, 0) is 4.74 Å². The Hall–Kier alpha value is -0.120. The summed E-state index contributed by atoms with van der Waals surface area (Å²) in [5.41, 5.74) is 0. The molecular weight excluding hydrogens is 152 g/mol. The fraction of sp³-hybridized carbons (Fsp3) is 1.00. The zero-order valence-electron chi connectivity index (χ0n) is 9.13. The average Bonchev–Trinajstić information content (AvgIpc) is 1.83. The van der Waals surface area contributed by atoms with Gasteiger partial charge in [0.05, 0.1) is 34.4 Å². The number of nitrogens with zero attached hydrogens (tertiary/aromatic N) is 2. The van der Waals surface area contributed by atoms with Gasteiger partial charge in [-0.25, -0.2) is 0 Å². The van der Waals surface area contributed by atoms with Crippen molar-refractivity contribution in [3.8, 4) is 0 Å². The van der Waals surface area contributed by atoms with Gasteiger partial charge in [0.25, 0.3) is 0 Å². The summed E-state index contributed by atoms with van der Waals surface area (Å²) in [6.45, 7) is 3.79. The Balaban J connectivity index is 3.12. The van der Waals surface area contributed by atoms with Crippen LogP contribution >= 0.6 is 0 Å². The standard InChI is InChI=1S/C9H23N2O/c1-10(2)6-8-12-9-7-11(3,4)5/h6-9H2,1-5H3/q+1. The Bertz CT molecular complexity index is 108. The van der Waals surface area contributed by atoms with Gasteiger partial charge in [-0.05, 0) is 14.1 Å². The van der Waals surface area contributed by atoms with Gasteiger partial charge < -0.3 is 14.1 Å². The largest absolute Gasteiger partial charge is 0.374 e. The first kappa shape index (κ1) is 11.9. The predicted molar refractivity (Wildman–Crippen MR) is 52.3 cm³/mol. The summed E-state index contributed by atoms with van der Waals surface area (Å²) in [5, 5.41) is 0. The van der Waals surface area contributed by atoms with Gasteiger partial charge in [0, 0.05) is 6.54 Å². The molecule has 0 N–H and O–H groups in total. The minimum absolute atomic E-state index is 0.840. The van der Waals surface area contributed by atoms with E-state index in [1.165, 1.54) is 0 Å². The summed E-state index contributed by atoms with van der Waals surface area (Å²) in [4.78, 5) is 2.13. The molecule has 3 nitrogen and oxygen atoms in total. The molecule has 0 unspecified atom stereocenters. The van der Waals surface area contributed by atoms with E-state index < -0.39 is 0 Å². The number of likely N-dealkylation sites (N-methyl/N-ethyl adjacent to an activating group) is 2. The van der Waals surface area contributed by atoms with Crippen LogP contribution < -0.4 is 0 Å².